The third-order valence-electron chi connectivity index (χ3n) is 5.22. The summed E-state index contributed by atoms with van der Waals surface area (Å²) in [6.45, 7) is 1.61. The Bertz CT molecular complexity index is 1140. The van der Waals surface area contributed by atoms with Gasteiger partial charge in [0.2, 0.25) is 0 Å². The minimum absolute atomic E-state index is 0.0190. The predicted octanol–water partition coefficient (Wildman–Crippen LogP) is 0.557. The summed E-state index contributed by atoms with van der Waals surface area (Å²) in [6.07, 6.45) is -2.42. The lowest BCUT2D eigenvalue weighted by Crippen LogP contribution is -2.39. The molecule has 0 saturated carbocycles. The molecule has 0 amide bonds. The van der Waals surface area contributed by atoms with E-state index in [1.165, 1.54) is 25.0 Å². The molecule has 4 rings (SSSR count). The molecule has 1 aromatic carbocycles. The topological polar surface area (TPSA) is 168 Å². The first-order valence-electron chi connectivity index (χ1n) is 10.4. The Morgan fingerprint density at radius 3 is 2.76 bits per heavy atom. The summed E-state index contributed by atoms with van der Waals surface area (Å²) in [7, 11) is -1.34. The van der Waals surface area contributed by atoms with Gasteiger partial charge in [-0.25, -0.2) is 4.79 Å². The average molecular weight is 497 g/mol. The van der Waals surface area contributed by atoms with Gasteiger partial charge in [0.15, 0.2) is 23.5 Å². The monoisotopic (exact) mass is 497 g/mol. The molecule has 2 unspecified atom stereocenters. The largest absolute Gasteiger partial charge is 0.779 e. The fourth-order valence-electron chi connectivity index (χ4n) is 3.87. The maximum atomic E-state index is 12.9. The fraction of sp³-hybridized carbons (Fsp3) is 0.500. The lowest BCUT2D eigenvalue weighted by atomic mass is 10.1. The SMILES string of the molecule is COC[C@H]1O[C@@H](n2cc3c(nc2=O)Nc2c(OCCN)cccc2O3)[C@@H](OC)C1OP(C)(=O)[O-]. The van der Waals surface area contributed by atoms with E-state index in [1.807, 2.05) is 0 Å². The molecule has 0 spiro atoms. The zero-order chi connectivity index (χ0) is 24.5. The Morgan fingerprint density at radius 2 is 2.09 bits per heavy atom. The Kier molecular flexibility index (Phi) is 7.24. The number of hydrogen-bond acceptors (Lipinski definition) is 12. The summed E-state index contributed by atoms with van der Waals surface area (Å²) in [5.74, 6) is 1.39. The number of rotatable bonds is 9. The molecule has 2 aromatic rings. The van der Waals surface area contributed by atoms with Crippen LogP contribution < -0.4 is 31.1 Å². The van der Waals surface area contributed by atoms with E-state index in [0.717, 1.165) is 6.66 Å². The lowest BCUT2D eigenvalue weighted by Gasteiger charge is -2.29. The Morgan fingerprint density at radius 1 is 1.29 bits per heavy atom. The molecule has 0 aliphatic carbocycles. The highest BCUT2D eigenvalue weighted by Crippen LogP contribution is 2.46. The van der Waals surface area contributed by atoms with Crippen LogP contribution in [0.2, 0.25) is 0 Å². The molecule has 3 heterocycles. The summed E-state index contributed by atoms with van der Waals surface area (Å²) in [5, 5.41) is 3.06. The molecule has 1 saturated heterocycles. The van der Waals surface area contributed by atoms with Crippen LogP contribution in [-0.2, 0) is 23.3 Å². The summed E-state index contributed by atoms with van der Waals surface area (Å²) in [6, 6.07) is 5.22. The zero-order valence-corrected chi connectivity index (χ0v) is 19.7. The number of fused-ring (bicyclic) bond motifs is 2. The van der Waals surface area contributed by atoms with Gasteiger partial charge in [0.1, 0.15) is 44.0 Å². The van der Waals surface area contributed by atoms with E-state index in [-0.39, 0.29) is 18.2 Å². The first kappa shape index (κ1) is 24.6. The fourth-order valence-corrected chi connectivity index (χ4v) is 4.57. The first-order chi connectivity index (χ1) is 16.3. The van der Waals surface area contributed by atoms with Crippen molar-refractivity contribution in [3.05, 3.63) is 34.9 Å². The summed E-state index contributed by atoms with van der Waals surface area (Å²) >= 11 is 0. The van der Waals surface area contributed by atoms with E-state index in [0.29, 0.717) is 30.3 Å². The second-order valence-electron chi connectivity index (χ2n) is 7.70. The van der Waals surface area contributed by atoms with Gasteiger partial charge in [0.25, 0.3) is 0 Å². The van der Waals surface area contributed by atoms with Crippen molar-refractivity contribution in [1.82, 2.24) is 9.55 Å². The molecule has 14 heteroatoms. The van der Waals surface area contributed by atoms with Crippen molar-refractivity contribution in [2.75, 3.05) is 46.0 Å². The Hall–Kier alpha value is -2.51. The van der Waals surface area contributed by atoms with Crippen molar-refractivity contribution < 1.29 is 37.7 Å². The summed E-state index contributed by atoms with van der Waals surface area (Å²) < 4.78 is 46.4. The third kappa shape index (κ3) is 4.96. The van der Waals surface area contributed by atoms with Crippen LogP contribution in [0.1, 0.15) is 6.23 Å². The van der Waals surface area contributed by atoms with Crippen molar-refractivity contribution in [3.8, 4) is 17.2 Å². The number of para-hydroxylation sites is 1. The van der Waals surface area contributed by atoms with Crippen LogP contribution in [0.3, 0.4) is 0 Å². The maximum Gasteiger partial charge on any atom is 0.351 e. The van der Waals surface area contributed by atoms with Crippen molar-refractivity contribution in [1.29, 1.82) is 0 Å². The molecule has 1 aromatic heterocycles. The zero-order valence-electron chi connectivity index (χ0n) is 18.8. The number of aromatic nitrogens is 2. The second kappa shape index (κ2) is 10.0. The maximum absolute atomic E-state index is 12.9. The van der Waals surface area contributed by atoms with Crippen molar-refractivity contribution in [3.63, 3.8) is 0 Å². The van der Waals surface area contributed by atoms with E-state index in [1.54, 1.807) is 18.2 Å². The third-order valence-corrected chi connectivity index (χ3v) is 5.85. The Balaban J connectivity index is 1.67. The van der Waals surface area contributed by atoms with E-state index in [9.17, 15) is 14.3 Å². The van der Waals surface area contributed by atoms with Gasteiger partial charge >= 0.3 is 5.69 Å². The van der Waals surface area contributed by atoms with Crippen molar-refractivity contribution in [2.45, 2.75) is 24.5 Å². The number of nitrogens with one attached hydrogen (secondary N) is 1. The predicted molar refractivity (Wildman–Crippen MR) is 118 cm³/mol. The smallest absolute Gasteiger partial charge is 0.351 e. The molecule has 3 N–H and O–H groups in total. The van der Waals surface area contributed by atoms with Gasteiger partial charge in [0, 0.05) is 27.4 Å². The second-order valence-corrected chi connectivity index (χ2v) is 9.45. The number of hydrogen-bond donors (Lipinski definition) is 2. The van der Waals surface area contributed by atoms with Crippen molar-refractivity contribution in [2.24, 2.45) is 5.73 Å². The number of nitrogens with two attached hydrogens (primary N) is 1. The number of benzene rings is 1. The number of anilines is 2. The molecule has 0 radical (unpaired) electrons. The number of ether oxygens (including phenoxy) is 5. The molecule has 0 bridgehead atoms. The van der Waals surface area contributed by atoms with Gasteiger partial charge in [-0.3, -0.25) is 4.57 Å². The van der Waals surface area contributed by atoms with Crippen LogP contribution in [0.25, 0.3) is 0 Å². The number of methoxy groups -OCH3 is 2. The van der Waals surface area contributed by atoms with Gasteiger partial charge < -0.3 is 48.7 Å². The molecule has 2 aliphatic rings. The van der Waals surface area contributed by atoms with Gasteiger partial charge in [-0.05, 0) is 12.1 Å². The minimum Gasteiger partial charge on any atom is -0.779 e. The van der Waals surface area contributed by atoms with Crippen LogP contribution in [-0.4, -0.2) is 68.5 Å². The van der Waals surface area contributed by atoms with E-state index in [2.05, 4.69) is 10.3 Å². The first-order valence-corrected chi connectivity index (χ1v) is 12.4. The van der Waals surface area contributed by atoms with Crippen LogP contribution in [0.4, 0.5) is 11.5 Å². The molecule has 5 atom stereocenters. The molecule has 186 valence electrons. The minimum atomic E-state index is -4.15. The molecular weight excluding hydrogens is 471 g/mol. The average Bonchev–Trinajstić information content (AvgIpc) is 3.11. The molecule has 2 aliphatic heterocycles. The van der Waals surface area contributed by atoms with Gasteiger partial charge in [-0.15, -0.1) is 0 Å². The standard InChI is InChI=1S/C20H27N4O9P/c1-28-10-14-16(33-34(3,26)27)17(29-2)19(32-14)24-9-13-18(23-20(24)25)22-15-11(30-8-7-21)5-4-6-12(15)31-13/h4-6,9,14,16-17,19H,7-8,10,21H2,1-3H3,(H,26,27)(H,22,23,25)/p-1/t14-,16?,17+,19-/m1/s1. The molecule has 13 nitrogen and oxygen atoms in total. The van der Waals surface area contributed by atoms with E-state index in [4.69, 9.17) is 33.9 Å². The summed E-state index contributed by atoms with van der Waals surface area (Å²) in [4.78, 5) is 28.9. The number of nitrogens with zero attached hydrogens (tertiary/aromatic N) is 2. The Labute approximate surface area is 195 Å². The summed E-state index contributed by atoms with van der Waals surface area (Å²) in [5.41, 5.74) is 5.36. The quantitative estimate of drug-likeness (QED) is 0.395. The van der Waals surface area contributed by atoms with Crippen LogP contribution >= 0.6 is 7.60 Å². The van der Waals surface area contributed by atoms with Gasteiger partial charge in [-0.1, -0.05) is 6.07 Å². The van der Waals surface area contributed by atoms with Gasteiger partial charge in [0.05, 0.1) is 12.8 Å². The highest BCUT2D eigenvalue weighted by molar-refractivity contribution is 7.50. The van der Waals surface area contributed by atoms with Crippen LogP contribution in [0.5, 0.6) is 17.2 Å². The normalized spacial score (nSPS) is 25.0. The highest BCUT2D eigenvalue weighted by atomic mass is 31.2. The van der Waals surface area contributed by atoms with Gasteiger partial charge in [-0.2, -0.15) is 4.98 Å². The van der Waals surface area contributed by atoms with Crippen LogP contribution in [0, 0.1) is 0 Å². The molecular formula is C20H26N4O9P-. The van der Waals surface area contributed by atoms with E-state index >= 15 is 0 Å². The van der Waals surface area contributed by atoms with E-state index < -0.39 is 37.8 Å². The molecule has 34 heavy (non-hydrogen) atoms. The molecule has 1 fully saturated rings. The highest BCUT2D eigenvalue weighted by Gasteiger charge is 2.48. The lowest BCUT2D eigenvalue weighted by molar-refractivity contribution is -0.205. The van der Waals surface area contributed by atoms with Crippen LogP contribution in [0.15, 0.2) is 29.2 Å². The van der Waals surface area contributed by atoms with Crippen molar-refractivity contribution >= 4 is 19.1 Å².